The number of anilines is 1. The van der Waals surface area contributed by atoms with Crippen molar-refractivity contribution in [3.05, 3.63) is 36.4 Å². The van der Waals surface area contributed by atoms with E-state index in [4.69, 9.17) is 10.5 Å². The number of nitrogen functional groups attached to an aromatic ring is 1. The summed E-state index contributed by atoms with van der Waals surface area (Å²) in [5.74, 6) is -1.00. The van der Waals surface area contributed by atoms with Crippen LogP contribution in [0, 0.1) is 0 Å². The monoisotopic (exact) mass is 221 g/mol. The largest absolute Gasteiger partial charge is 0.465 e. The van der Waals surface area contributed by atoms with Crippen LogP contribution in [0.15, 0.2) is 30.9 Å². The lowest BCUT2D eigenvalue weighted by atomic mass is 10.2. The van der Waals surface area contributed by atoms with E-state index in [2.05, 4.69) is 11.3 Å². The third-order valence-electron chi connectivity index (χ3n) is 1.74. The molecule has 84 valence electrons. The fourth-order valence-electron chi connectivity index (χ4n) is 1.07. The summed E-state index contributed by atoms with van der Waals surface area (Å²) in [6, 6.07) is 4.22. The van der Waals surface area contributed by atoms with Crippen molar-refractivity contribution in [2.45, 2.75) is 0 Å². The van der Waals surface area contributed by atoms with Crippen molar-refractivity contribution in [1.29, 1.82) is 0 Å². The van der Waals surface area contributed by atoms with Crippen molar-refractivity contribution in [3.63, 3.8) is 0 Å². The molecule has 0 heterocycles. The molecule has 0 saturated carbocycles. The first kappa shape index (κ1) is 11.8. The Hall–Kier alpha value is -2.30. The molecule has 16 heavy (non-hydrogen) atoms. The maximum atomic E-state index is 11.2. The summed E-state index contributed by atoms with van der Waals surface area (Å²) in [7, 11) is 1.25. The van der Waals surface area contributed by atoms with E-state index in [1.165, 1.54) is 25.3 Å². The van der Waals surface area contributed by atoms with E-state index < -0.39 is 11.9 Å². The summed E-state index contributed by atoms with van der Waals surface area (Å²) in [5.41, 5.74) is 6.06. The Balaban J connectivity index is 3.02. The first-order valence-corrected chi connectivity index (χ1v) is 4.40. The van der Waals surface area contributed by atoms with Gasteiger partial charge in [-0.15, -0.1) is 0 Å². The van der Waals surface area contributed by atoms with Crippen molar-refractivity contribution in [2.24, 2.45) is 0 Å². The highest BCUT2D eigenvalue weighted by molar-refractivity contribution is 5.91. The van der Waals surface area contributed by atoms with Crippen molar-refractivity contribution in [2.75, 3.05) is 12.8 Å². The third-order valence-corrected chi connectivity index (χ3v) is 1.74. The summed E-state index contributed by atoms with van der Waals surface area (Å²) in [6.45, 7) is 3.26. The predicted molar refractivity (Wildman–Crippen MR) is 58.0 cm³/mol. The number of esters is 2. The molecule has 2 N–H and O–H groups in total. The fourth-order valence-corrected chi connectivity index (χ4v) is 1.07. The first-order valence-electron chi connectivity index (χ1n) is 4.40. The Labute approximate surface area is 92.5 Å². The second-order valence-corrected chi connectivity index (χ2v) is 2.91. The number of hydrogen-bond donors (Lipinski definition) is 1. The van der Waals surface area contributed by atoms with E-state index in [0.717, 1.165) is 6.08 Å². The van der Waals surface area contributed by atoms with Crippen LogP contribution in [0.2, 0.25) is 0 Å². The molecule has 0 spiro atoms. The van der Waals surface area contributed by atoms with E-state index in [0.29, 0.717) is 5.69 Å². The predicted octanol–water partition coefficient (Wildman–Crippen LogP) is 1.15. The minimum Gasteiger partial charge on any atom is -0.465 e. The van der Waals surface area contributed by atoms with Gasteiger partial charge >= 0.3 is 11.9 Å². The quantitative estimate of drug-likeness (QED) is 0.358. The molecular weight excluding hydrogens is 210 g/mol. The zero-order valence-electron chi connectivity index (χ0n) is 8.73. The molecule has 5 nitrogen and oxygen atoms in total. The van der Waals surface area contributed by atoms with Gasteiger partial charge in [0.15, 0.2) is 0 Å². The van der Waals surface area contributed by atoms with Crippen LogP contribution in [-0.2, 0) is 9.53 Å². The lowest BCUT2D eigenvalue weighted by Crippen LogP contribution is -2.06. The molecule has 0 aliphatic rings. The fraction of sp³-hybridized carbons (Fsp3) is 0.0909. The Morgan fingerprint density at radius 1 is 1.38 bits per heavy atom. The molecule has 1 aromatic rings. The van der Waals surface area contributed by atoms with Crippen LogP contribution in [0.4, 0.5) is 5.69 Å². The van der Waals surface area contributed by atoms with E-state index in [1.807, 2.05) is 0 Å². The smallest absolute Gasteiger partial charge is 0.338 e. The topological polar surface area (TPSA) is 78.6 Å². The highest BCUT2D eigenvalue weighted by Crippen LogP contribution is 2.19. The average Bonchev–Trinajstić information content (AvgIpc) is 2.27. The van der Waals surface area contributed by atoms with Gasteiger partial charge in [-0.2, -0.15) is 0 Å². The normalized spacial score (nSPS) is 9.31. The van der Waals surface area contributed by atoms with Gasteiger partial charge in [-0.3, -0.25) is 0 Å². The van der Waals surface area contributed by atoms with Crippen LogP contribution in [0.3, 0.4) is 0 Å². The van der Waals surface area contributed by atoms with Crippen molar-refractivity contribution in [1.82, 2.24) is 0 Å². The van der Waals surface area contributed by atoms with Gasteiger partial charge < -0.3 is 15.2 Å². The van der Waals surface area contributed by atoms with Crippen LogP contribution < -0.4 is 10.5 Å². The molecule has 1 aromatic carbocycles. The Kier molecular flexibility index (Phi) is 3.66. The lowest BCUT2D eigenvalue weighted by molar-refractivity contribution is -0.128. The zero-order chi connectivity index (χ0) is 12.1. The molecule has 0 radical (unpaired) electrons. The number of nitrogens with two attached hydrogens (primary N) is 1. The van der Waals surface area contributed by atoms with Crippen LogP contribution in [0.1, 0.15) is 10.4 Å². The second kappa shape index (κ2) is 4.97. The number of hydrogen-bond acceptors (Lipinski definition) is 5. The number of benzene rings is 1. The Bertz CT molecular complexity index is 440. The highest BCUT2D eigenvalue weighted by Gasteiger charge is 2.09. The van der Waals surface area contributed by atoms with Gasteiger partial charge in [0, 0.05) is 17.8 Å². The number of methoxy groups -OCH3 is 1. The highest BCUT2D eigenvalue weighted by atomic mass is 16.5. The van der Waals surface area contributed by atoms with Crippen molar-refractivity contribution < 1.29 is 19.1 Å². The Morgan fingerprint density at radius 3 is 2.62 bits per heavy atom. The first-order chi connectivity index (χ1) is 7.56. The van der Waals surface area contributed by atoms with Gasteiger partial charge in [-0.25, -0.2) is 9.59 Å². The minimum atomic E-state index is -0.624. The van der Waals surface area contributed by atoms with Crippen LogP contribution in [-0.4, -0.2) is 19.0 Å². The van der Waals surface area contributed by atoms with E-state index >= 15 is 0 Å². The molecule has 0 aliphatic heterocycles. The third kappa shape index (κ3) is 2.84. The number of rotatable bonds is 3. The summed E-state index contributed by atoms with van der Waals surface area (Å²) < 4.78 is 9.36. The van der Waals surface area contributed by atoms with Crippen LogP contribution in [0.25, 0.3) is 0 Å². The van der Waals surface area contributed by atoms with Gasteiger partial charge in [0.25, 0.3) is 0 Å². The molecular formula is C11H11NO4. The molecule has 1 rings (SSSR count). The second-order valence-electron chi connectivity index (χ2n) is 2.91. The van der Waals surface area contributed by atoms with Gasteiger partial charge in [-0.1, -0.05) is 6.58 Å². The summed E-state index contributed by atoms with van der Waals surface area (Å²) in [5, 5.41) is 0. The van der Waals surface area contributed by atoms with E-state index in [-0.39, 0.29) is 11.3 Å². The maximum absolute atomic E-state index is 11.2. The lowest BCUT2D eigenvalue weighted by Gasteiger charge is -2.05. The van der Waals surface area contributed by atoms with Gasteiger partial charge in [0.2, 0.25) is 0 Å². The van der Waals surface area contributed by atoms with Crippen molar-refractivity contribution >= 4 is 17.6 Å². The summed E-state index contributed by atoms with van der Waals surface area (Å²) in [4.78, 5) is 22.2. The van der Waals surface area contributed by atoms with Crippen molar-refractivity contribution in [3.8, 4) is 5.75 Å². The molecule has 0 unspecified atom stereocenters. The van der Waals surface area contributed by atoms with E-state index in [1.54, 1.807) is 0 Å². The van der Waals surface area contributed by atoms with Crippen LogP contribution >= 0.6 is 0 Å². The summed E-state index contributed by atoms with van der Waals surface area (Å²) >= 11 is 0. The van der Waals surface area contributed by atoms with E-state index in [9.17, 15) is 9.59 Å². The zero-order valence-corrected chi connectivity index (χ0v) is 8.73. The number of ether oxygens (including phenoxy) is 2. The number of carbonyl (C=O) groups excluding carboxylic acids is 2. The molecule has 0 aliphatic carbocycles. The van der Waals surface area contributed by atoms with Gasteiger partial charge in [0.05, 0.1) is 12.7 Å². The minimum absolute atomic E-state index is 0.172. The molecule has 5 heteroatoms. The molecule has 0 saturated heterocycles. The SMILES string of the molecule is C=CC(=O)Oc1cc(N)cc(C(=O)OC)c1. The Morgan fingerprint density at radius 2 is 2.06 bits per heavy atom. The number of carbonyl (C=O) groups is 2. The molecule has 0 atom stereocenters. The molecule has 0 amide bonds. The average molecular weight is 221 g/mol. The van der Waals surface area contributed by atoms with Crippen LogP contribution in [0.5, 0.6) is 5.75 Å². The summed E-state index contributed by atoms with van der Waals surface area (Å²) in [6.07, 6.45) is 1.01. The van der Waals surface area contributed by atoms with Gasteiger partial charge in [0.1, 0.15) is 5.75 Å². The molecule has 0 bridgehead atoms. The molecule has 0 fully saturated rings. The van der Waals surface area contributed by atoms with Gasteiger partial charge in [-0.05, 0) is 12.1 Å². The standard InChI is InChI=1S/C11H11NO4/c1-3-10(13)16-9-5-7(11(14)15-2)4-8(12)6-9/h3-6H,1,12H2,2H3. The molecule has 0 aromatic heterocycles. The maximum Gasteiger partial charge on any atom is 0.338 e.